The number of fused-ring (bicyclic) bond motifs is 1. The third-order valence-electron chi connectivity index (χ3n) is 4.76. The molecule has 29 heavy (non-hydrogen) atoms. The molecule has 4 rings (SSSR count). The van der Waals surface area contributed by atoms with Crippen molar-refractivity contribution < 1.29 is 4.79 Å². The summed E-state index contributed by atoms with van der Waals surface area (Å²) in [7, 11) is 0. The van der Waals surface area contributed by atoms with Crippen molar-refractivity contribution in [2.24, 2.45) is 0 Å². The minimum Gasteiger partial charge on any atom is -0.377 e. The lowest BCUT2D eigenvalue weighted by molar-refractivity contribution is 0.102. The number of carbonyl (C=O) groups excluding carboxylic acids is 1. The first-order valence-corrected chi connectivity index (χ1v) is 9.53. The van der Waals surface area contributed by atoms with Gasteiger partial charge in [-0.15, -0.1) is 0 Å². The van der Waals surface area contributed by atoms with Crippen LogP contribution in [0.5, 0.6) is 0 Å². The van der Waals surface area contributed by atoms with Crippen molar-refractivity contribution in [1.82, 2.24) is 9.97 Å². The summed E-state index contributed by atoms with van der Waals surface area (Å²) in [5, 5.41) is 7.53. The van der Waals surface area contributed by atoms with Crippen molar-refractivity contribution in [2.45, 2.75) is 19.9 Å². The van der Waals surface area contributed by atoms with E-state index in [-0.39, 0.29) is 11.9 Å². The lowest BCUT2D eigenvalue weighted by atomic mass is 10.1. The van der Waals surface area contributed by atoms with Gasteiger partial charge in [0.25, 0.3) is 5.91 Å². The van der Waals surface area contributed by atoms with Gasteiger partial charge in [0.15, 0.2) is 0 Å². The van der Waals surface area contributed by atoms with E-state index in [2.05, 4.69) is 39.7 Å². The molecule has 1 unspecified atom stereocenters. The van der Waals surface area contributed by atoms with Crippen molar-refractivity contribution in [3.05, 3.63) is 95.9 Å². The number of aromatic nitrogens is 2. The second kappa shape index (κ2) is 8.10. The highest BCUT2D eigenvalue weighted by molar-refractivity contribution is 6.04. The Balaban J connectivity index is 1.49. The molecule has 2 heterocycles. The van der Waals surface area contributed by atoms with Gasteiger partial charge in [-0.1, -0.05) is 30.3 Å². The normalized spacial score (nSPS) is 11.8. The average molecular weight is 382 g/mol. The highest BCUT2D eigenvalue weighted by Crippen LogP contribution is 2.24. The summed E-state index contributed by atoms with van der Waals surface area (Å²) in [6.45, 7) is 4.00. The van der Waals surface area contributed by atoms with Crippen LogP contribution in [0.3, 0.4) is 0 Å². The van der Waals surface area contributed by atoms with E-state index < -0.39 is 0 Å². The van der Waals surface area contributed by atoms with Gasteiger partial charge in [-0.05, 0) is 55.3 Å². The third kappa shape index (κ3) is 4.41. The van der Waals surface area contributed by atoms with E-state index in [1.54, 1.807) is 12.4 Å². The quantitative estimate of drug-likeness (QED) is 0.487. The van der Waals surface area contributed by atoms with Crippen LogP contribution in [-0.4, -0.2) is 15.9 Å². The van der Waals surface area contributed by atoms with Crippen LogP contribution in [0.15, 0.2) is 79.3 Å². The number of carbonyl (C=O) groups is 1. The molecule has 0 aliphatic rings. The molecule has 0 radical (unpaired) electrons. The van der Waals surface area contributed by atoms with E-state index in [9.17, 15) is 4.79 Å². The van der Waals surface area contributed by atoms with Crippen LogP contribution >= 0.6 is 0 Å². The molecule has 2 aromatic heterocycles. The molecule has 0 fully saturated rings. The maximum atomic E-state index is 12.5. The average Bonchev–Trinajstić information content (AvgIpc) is 2.74. The number of nitrogens with one attached hydrogen (secondary N) is 2. The molecule has 0 aliphatic carbocycles. The van der Waals surface area contributed by atoms with E-state index >= 15 is 0 Å². The molecule has 2 aromatic carbocycles. The first-order chi connectivity index (χ1) is 14.1. The zero-order valence-electron chi connectivity index (χ0n) is 16.4. The number of hydrogen-bond acceptors (Lipinski definition) is 4. The second-order valence-corrected chi connectivity index (χ2v) is 7.11. The Kier molecular flexibility index (Phi) is 5.20. The summed E-state index contributed by atoms with van der Waals surface area (Å²) in [4.78, 5) is 21.1. The predicted octanol–water partition coefficient (Wildman–Crippen LogP) is 5.36. The number of amides is 1. The fourth-order valence-corrected chi connectivity index (χ4v) is 3.25. The number of pyridine rings is 2. The Labute approximate surface area is 169 Å². The van der Waals surface area contributed by atoms with E-state index in [4.69, 9.17) is 0 Å². The Morgan fingerprint density at radius 3 is 2.66 bits per heavy atom. The Hall–Kier alpha value is -3.73. The maximum Gasteiger partial charge on any atom is 0.257 e. The van der Waals surface area contributed by atoms with Gasteiger partial charge in [-0.2, -0.15) is 0 Å². The van der Waals surface area contributed by atoms with Gasteiger partial charge in [0, 0.05) is 29.5 Å². The zero-order valence-corrected chi connectivity index (χ0v) is 16.4. The first-order valence-electron chi connectivity index (χ1n) is 9.53. The van der Waals surface area contributed by atoms with Gasteiger partial charge in [0.05, 0.1) is 23.0 Å². The fraction of sp³-hybridized carbons (Fsp3) is 0.125. The van der Waals surface area contributed by atoms with Gasteiger partial charge < -0.3 is 10.6 Å². The lowest BCUT2D eigenvalue weighted by Crippen LogP contribution is -2.13. The predicted molar refractivity (Wildman–Crippen MR) is 117 cm³/mol. The largest absolute Gasteiger partial charge is 0.377 e. The number of hydrogen-bond donors (Lipinski definition) is 2. The number of anilines is 2. The SMILES string of the molecule is Cc1cncc(C(=O)Nc2cccc(C(C)Nc3cnc4ccccc4c3)c2)c1. The molecule has 5 heteroatoms. The zero-order chi connectivity index (χ0) is 20.2. The summed E-state index contributed by atoms with van der Waals surface area (Å²) >= 11 is 0. The van der Waals surface area contributed by atoms with Gasteiger partial charge in [-0.25, -0.2) is 0 Å². The van der Waals surface area contributed by atoms with E-state index in [0.29, 0.717) is 5.56 Å². The number of rotatable bonds is 5. The van der Waals surface area contributed by atoms with Crippen molar-refractivity contribution >= 4 is 28.2 Å². The molecule has 144 valence electrons. The van der Waals surface area contributed by atoms with Gasteiger partial charge >= 0.3 is 0 Å². The van der Waals surface area contributed by atoms with Crippen LogP contribution in [0, 0.1) is 6.92 Å². The molecule has 2 N–H and O–H groups in total. The molecular weight excluding hydrogens is 360 g/mol. The van der Waals surface area contributed by atoms with E-state index in [0.717, 1.165) is 33.4 Å². The van der Waals surface area contributed by atoms with Crippen LogP contribution in [0.4, 0.5) is 11.4 Å². The number of aryl methyl sites for hydroxylation is 1. The van der Waals surface area contributed by atoms with Crippen molar-refractivity contribution in [2.75, 3.05) is 10.6 Å². The van der Waals surface area contributed by atoms with Crippen LogP contribution in [-0.2, 0) is 0 Å². The number of para-hydroxylation sites is 1. The molecule has 0 saturated carbocycles. The summed E-state index contributed by atoms with van der Waals surface area (Å²) in [6.07, 6.45) is 5.14. The van der Waals surface area contributed by atoms with E-state index in [1.165, 1.54) is 0 Å². The molecule has 0 aliphatic heterocycles. The smallest absolute Gasteiger partial charge is 0.257 e. The number of benzene rings is 2. The highest BCUT2D eigenvalue weighted by Gasteiger charge is 2.10. The van der Waals surface area contributed by atoms with Crippen LogP contribution in [0.1, 0.15) is 34.5 Å². The molecule has 1 atom stereocenters. The van der Waals surface area contributed by atoms with Gasteiger partial charge in [0.1, 0.15) is 0 Å². The maximum absolute atomic E-state index is 12.5. The Morgan fingerprint density at radius 2 is 1.79 bits per heavy atom. The van der Waals surface area contributed by atoms with Crippen LogP contribution in [0.2, 0.25) is 0 Å². The molecule has 0 spiro atoms. The molecule has 4 aromatic rings. The summed E-state index contributed by atoms with van der Waals surface area (Å²) in [5.74, 6) is -0.169. The topological polar surface area (TPSA) is 66.9 Å². The standard InChI is InChI=1S/C24H22N4O/c1-16-10-20(14-25-13-16)24(29)28-21-8-5-7-18(11-21)17(2)27-22-12-19-6-3-4-9-23(19)26-15-22/h3-15,17,27H,1-2H3,(H,28,29). The summed E-state index contributed by atoms with van der Waals surface area (Å²) < 4.78 is 0. The van der Waals surface area contributed by atoms with Crippen LogP contribution in [0.25, 0.3) is 10.9 Å². The minimum atomic E-state index is -0.169. The monoisotopic (exact) mass is 382 g/mol. The third-order valence-corrected chi connectivity index (χ3v) is 4.76. The van der Waals surface area contributed by atoms with Crippen molar-refractivity contribution in [1.29, 1.82) is 0 Å². The van der Waals surface area contributed by atoms with Crippen molar-refractivity contribution in [3.63, 3.8) is 0 Å². The second-order valence-electron chi connectivity index (χ2n) is 7.11. The molecule has 5 nitrogen and oxygen atoms in total. The van der Waals surface area contributed by atoms with E-state index in [1.807, 2.05) is 61.7 Å². The molecular formula is C24H22N4O. The van der Waals surface area contributed by atoms with Gasteiger partial charge in [0.2, 0.25) is 0 Å². The molecule has 0 saturated heterocycles. The lowest BCUT2D eigenvalue weighted by Gasteiger charge is -2.17. The highest BCUT2D eigenvalue weighted by atomic mass is 16.1. The Bertz CT molecular complexity index is 1170. The molecule has 1 amide bonds. The number of nitrogens with zero attached hydrogens (tertiary/aromatic N) is 2. The van der Waals surface area contributed by atoms with Gasteiger partial charge in [-0.3, -0.25) is 14.8 Å². The summed E-state index contributed by atoms with van der Waals surface area (Å²) in [5.41, 5.74) is 5.24. The summed E-state index contributed by atoms with van der Waals surface area (Å²) in [6, 6.07) is 19.8. The molecule has 0 bridgehead atoms. The van der Waals surface area contributed by atoms with Crippen LogP contribution < -0.4 is 10.6 Å². The minimum absolute atomic E-state index is 0.0513. The fourth-order valence-electron chi connectivity index (χ4n) is 3.25. The first kappa shape index (κ1) is 18.6. The van der Waals surface area contributed by atoms with Crippen molar-refractivity contribution in [3.8, 4) is 0 Å². The Morgan fingerprint density at radius 1 is 0.931 bits per heavy atom.